The van der Waals surface area contributed by atoms with Crippen molar-refractivity contribution in [2.24, 2.45) is 0 Å². The molecule has 4 nitrogen and oxygen atoms in total. The molecule has 0 spiro atoms. The van der Waals surface area contributed by atoms with Crippen LogP contribution in [0.15, 0.2) is 0 Å². The van der Waals surface area contributed by atoms with Gasteiger partial charge in [0.25, 0.3) is 0 Å². The first kappa shape index (κ1) is 73.0. The topological polar surface area (TPSA) is 80.9 Å². The molecule has 4 N–H and O–H groups in total. The van der Waals surface area contributed by atoms with Crippen molar-refractivity contribution in [3.8, 4) is 67.5 Å². The Balaban J connectivity index is 0.000000253. The van der Waals surface area contributed by atoms with Crippen LogP contribution in [0, 0.1) is 209 Å². The predicted molar refractivity (Wildman–Crippen MR) is 213 cm³/mol. The van der Waals surface area contributed by atoms with Gasteiger partial charge in [0.05, 0.1) is 44.5 Å². The molecule has 0 fully saturated rings. The van der Waals surface area contributed by atoms with Crippen LogP contribution < -0.4 is 0 Å². The zero-order valence-electron chi connectivity index (χ0n) is 40.0. The number of hydrogen-bond donors (Lipinski definition) is 4. The fourth-order valence-corrected chi connectivity index (χ4v) is 6.69. The first-order valence-corrected chi connectivity index (χ1v) is 20.7. The van der Waals surface area contributed by atoms with Crippen LogP contribution in [0.4, 0.5) is 158 Å². The van der Waals surface area contributed by atoms with Crippen molar-refractivity contribution >= 4 is 0 Å². The van der Waals surface area contributed by atoms with Gasteiger partial charge in [-0.2, -0.15) is 17.6 Å². The predicted octanol–water partition coefficient (Wildman–Crippen LogP) is 17.2. The summed E-state index contributed by atoms with van der Waals surface area (Å²) in [7, 11) is 0. The van der Waals surface area contributed by atoms with Crippen molar-refractivity contribution in [1.82, 2.24) is 0 Å². The molecule has 89 heavy (non-hydrogen) atoms. The SMILES string of the molecule is Oc1c(F)c(F)c(F)c(F)c1-c1c(F)c(F)c(F)c(F)c1F.Oc1c(F)c(F)c(F)c(F)c1-c1c(F)c(F)c(F)c(F)c1F.Oc1c(F)c(F)c(F)c(F)c1-c1c(F)c(F)c(F)c(F)c1F.Oc1c(F)c(F)c(F)c(F)c1-c1c(F)c(F)c(F)c(F)c1F.[Y]. The van der Waals surface area contributed by atoms with Crippen molar-refractivity contribution < 1.29 is 211 Å². The largest absolute Gasteiger partial charge is 0.504 e. The van der Waals surface area contributed by atoms with E-state index >= 15 is 0 Å². The van der Waals surface area contributed by atoms with Gasteiger partial charge in [-0.1, -0.05) is 0 Å². The van der Waals surface area contributed by atoms with Crippen LogP contribution in [0.3, 0.4) is 0 Å². The van der Waals surface area contributed by atoms with Gasteiger partial charge in [-0.05, 0) is 0 Å². The minimum absolute atomic E-state index is 0. The van der Waals surface area contributed by atoms with Gasteiger partial charge >= 0.3 is 0 Å². The molecule has 0 atom stereocenters. The summed E-state index contributed by atoms with van der Waals surface area (Å²) in [5, 5.41) is 36.6. The van der Waals surface area contributed by atoms with Crippen molar-refractivity contribution in [2.45, 2.75) is 0 Å². The summed E-state index contributed by atoms with van der Waals surface area (Å²) in [5.41, 5.74) is -16.7. The van der Waals surface area contributed by atoms with Crippen LogP contribution in [0.1, 0.15) is 0 Å². The maximum absolute atomic E-state index is 13.5. The molecule has 8 aromatic carbocycles. The standard InChI is InChI=1S/4C12HF9O.Y/c4*13-3-1(4(14)7(17)9(19)6(3)16)2-5(15)8(18)10(20)11(21)12(2)22;/h4*22H;. The fraction of sp³-hybridized carbons (Fsp3) is 0. The average molecular weight is 1420 g/mol. The van der Waals surface area contributed by atoms with Gasteiger partial charge in [-0.25, -0.2) is 140 Å². The van der Waals surface area contributed by atoms with Gasteiger partial charge in [0.2, 0.25) is 69.8 Å². The maximum atomic E-state index is 13.5. The first-order valence-electron chi connectivity index (χ1n) is 20.7. The third-order valence-electron chi connectivity index (χ3n) is 10.8. The minimum atomic E-state index is -2.63. The Hall–Kier alpha value is -8.46. The molecule has 0 unspecified atom stereocenters. The normalized spacial score (nSPS) is 11.0. The van der Waals surface area contributed by atoms with Gasteiger partial charge in [0.15, 0.2) is 163 Å². The van der Waals surface area contributed by atoms with Crippen LogP contribution in [-0.2, 0) is 32.7 Å². The number of aromatic hydroxyl groups is 4. The molecule has 0 aliphatic heterocycles. The number of halogens is 36. The van der Waals surface area contributed by atoms with Crippen LogP contribution in [0.2, 0.25) is 0 Å². The molecular weight excluding hydrogens is 1410 g/mol. The number of phenols is 4. The van der Waals surface area contributed by atoms with E-state index < -0.39 is 277 Å². The third-order valence-corrected chi connectivity index (χ3v) is 10.8. The number of rotatable bonds is 4. The summed E-state index contributed by atoms with van der Waals surface area (Å²) >= 11 is 0. The van der Waals surface area contributed by atoms with Crippen molar-refractivity contribution in [3.63, 3.8) is 0 Å². The molecule has 41 heteroatoms. The smallest absolute Gasteiger partial charge is 0.204 e. The van der Waals surface area contributed by atoms with Gasteiger partial charge in [-0.15, -0.1) is 0 Å². The Morgan fingerprint density at radius 3 is 0.270 bits per heavy atom. The Bertz CT molecular complexity index is 3250. The summed E-state index contributed by atoms with van der Waals surface area (Å²) < 4.78 is 473. The molecular formula is C48H4F36O4Y. The summed E-state index contributed by atoms with van der Waals surface area (Å²) in [6.45, 7) is 0. The van der Waals surface area contributed by atoms with Crippen molar-refractivity contribution in [1.29, 1.82) is 0 Å². The van der Waals surface area contributed by atoms with E-state index in [2.05, 4.69) is 0 Å². The Morgan fingerprint density at radius 1 is 0.101 bits per heavy atom. The van der Waals surface area contributed by atoms with Crippen LogP contribution in [0.25, 0.3) is 44.5 Å². The number of hydrogen-bond acceptors (Lipinski definition) is 4. The molecule has 475 valence electrons. The zero-order valence-corrected chi connectivity index (χ0v) is 42.8. The molecule has 8 aromatic rings. The van der Waals surface area contributed by atoms with Crippen molar-refractivity contribution in [3.05, 3.63) is 209 Å². The Morgan fingerprint density at radius 2 is 0.169 bits per heavy atom. The van der Waals surface area contributed by atoms with Crippen molar-refractivity contribution in [2.75, 3.05) is 0 Å². The third kappa shape index (κ3) is 12.0. The van der Waals surface area contributed by atoms with Gasteiger partial charge < -0.3 is 20.4 Å². The monoisotopic (exact) mass is 1420 g/mol. The quantitative estimate of drug-likeness (QED) is 0.0804. The molecule has 0 saturated heterocycles. The van der Waals surface area contributed by atoms with Crippen LogP contribution >= 0.6 is 0 Å². The molecule has 0 amide bonds. The molecule has 0 bridgehead atoms. The molecule has 0 aliphatic rings. The van der Waals surface area contributed by atoms with Gasteiger partial charge in [-0.3, -0.25) is 0 Å². The number of phenolic OH excluding ortho intramolecular Hbond substituents is 4. The molecule has 0 saturated carbocycles. The second kappa shape index (κ2) is 26.7. The summed E-state index contributed by atoms with van der Waals surface area (Å²) in [6, 6.07) is 0. The van der Waals surface area contributed by atoms with E-state index in [1.165, 1.54) is 0 Å². The first-order chi connectivity index (χ1) is 40.4. The van der Waals surface area contributed by atoms with Gasteiger partial charge in [0, 0.05) is 32.7 Å². The van der Waals surface area contributed by atoms with Gasteiger partial charge in [0.1, 0.15) is 0 Å². The molecule has 1 radical (unpaired) electrons. The molecule has 8 rings (SSSR count). The zero-order chi connectivity index (χ0) is 67.7. The molecule has 0 aromatic heterocycles. The fourth-order valence-electron chi connectivity index (χ4n) is 6.69. The van der Waals surface area contributed by atoms with E-state index in [4.69, 9.17) is 20.4 Å². The van der Waals surface area contributed by atoms with E-state index in [1.807, 2.05) is 0 Å². The minimum Gasteiger partial charge on any atom is -0.504 e. The summed E-state index contributed by atoms with van der Waals surface area (Å²) in [4.78, 5) is 0. The van der Waals surface area contributed by atoms with E-state index in [0.29, 0.717) is 0 Å². The second-order valence-electron chi connectivity index (χ2n) is 15.7. The Labute approximate surface area is 486 Å². The molecule has 0 heterocycles. The van der Waals surface area contributed by atoms with E-state index in [9.17, 15) is 158 Å². The average Bonchev–Trinajstić information content (AvgIpc) is 0.967. The maximum Gasteiger partial charge on any atom is 0.204 e. The number of benzene rings is 8. The van der Waals surface area contributed by atoms with E-state index in [0.717, 1.165) is 0 Å². The van der Waals surface area contributed by atoms with E-state index in [-0.39, 0.29) is 32.7 Å². The summed E-state index contributed by atoms with van der Waals surface area (Å²) in [5.74, 6) is -101. The van der Waals surface area contributed by atoms with Crippen LogP contribution in [0.5, 0.6) is 23.0 Å². The van der Waals surface area contributed by atoms with Crippen LogP contribution in [-0.4, -0.2) is 20.4 Å². The molecule has 0 aliphatic carbocycles. The Kier molecular flexibility index (Phi) is 21.9. The summed E-state index contributed by atoms with van der Waals surface area (Å²) in [6.07, 6.45) is 0. The second-order valence-corrected chi connectivity index (χ2v) is 15.7. The van der Waals surface area contributed by atoms with E-state index in [1.54, 1.807) is 0 Å².